The molecule has 11 heteroatoms. The van der Waals surface area contributed by atoms with Crippen molar-refractivity contribution < 1.29 is 35.9 Å². The summed E-state index contributed by atoms with van der Waals surface area (Å²) in [4.78, 5) is 13.5. The molecule has 0 bridgehead atoms. The van der Waals surface area contributed by atoms with Crippen molar-refractivity contribution in [3.63, 3.8) is 0 Å². The Bertz CT molecular complexity index is 1290. The van der Waals surface area contributed by atoms with Crippen molar-refractivity contribution in [3.05, 3.63) is 95.6 Å². The molecule has 1 N–H and O–H groups in total. The first kappa shape index (κ1) is 31.1. The number of benzene rings is 2. The zero-order valence-electron chi connectivity index (χ0n) is 21.6. The zero-order chi connectivity index (χ0) is 29.3. The summed E-state index contributed by atoms with van der Waals surface area (Å²) in [6, 6.07) is 8.34. The van der Waals surface area contributed by atoms with Crippen LogP contribution in [0.4, 0.5) is 32.0 Å². The van der Waals surface area contributed by atoms with Gasteiger partial charge in [0.1, 0.15) is 0 Å². The number of allylic oxidation sites excluding steroid dienone is 3. The summed E-state index contributed by atoms with van der Waals surface area (Å²) < 4.78 is 90.1. The Morgan fingerprint density at radius 3 is 2.38 bits per heavy atom. The Hall–Kier alpha value is -3.44. The minimum absolute atomic E-state index is 0.244. The predicted octanol–water partition coefficient (Wildman–Crippen LogP) is 7.85. The summed E-state index contributed by atoms with van der Waals surface area (Å²) in [7, 11) is 0. The second kappa shape index (κ2) is 13.8. The Morgan fingerprint density at radius 1 is 1.05 bits per heavy atom. The number of halogens is 6. The number of alkyl halides is 6. The summed E-state index contributed by atoms with van der Waals surface area (Å²) in [5.41, 5.74) is -2.90. The van der Waals surface area contributed by atoms with Gasteiger partial charge in [-0.25, -0.2) is 0 Å². The fourth-order valence-corrected chi connectivity index (χ4v) is 5.04. The Morgan fingerprint density at radius 2 is 1.75 bits per heavy atom. The standard InChI is InChI=1S/C29H28F6N2O2S/c1-3-6-20(7-4-2)19-36-22-8-5-9-23(18-22)40-24-12-10-21(11-13-25(38)37-14-16-39-17-15-37)26(28(30,31)32)27(24)29(33,34)35/h3-13,18,36H,1,14-17,19H2,2H3/b7-4-,13-11+,20-6+. The summed E-state index contributed by atoms with van der Waals surface area (Å²) >= 11 is 0.578. The van der Waals surface area contributed by atoms with E-state index >= 15 is 0 Å². The number of hydrogen-bond acceptors (Lipinski definition) is 4. The van der Waals surface area contributed by atoms with Crippen LogP contribution in [0, 0.1) is 0 Å². The maximum Gasteiger partial charge on any atom is 0.418 e. The second-order valence-electron chi connectivity index (χ2n) is 8.63. The molecule has 1 aliphatic rings. The van der Waals surface area contributed by atoms with Gasteiger partial charge < -0.3 is 15.0 Å². The number of carbonyl (C=O) groups excluding carboxylic acids is 1. The minimum atomic E-state index is -5.33. The number of ether oxygens (including phenoxy) is 1. The fraction of sp³-hybridized carbons (Fsp3) is 0.276. The van der Waals surface area contributed by atoms with E-state index in [1.807, 2.05) is 19.1 Å². The summed E-state index contributed by atoms with van der Waals surface area (Å²) in [6.07, 6.45) is -1.86. The van der Waals surface area contributed by atoms with Crippen LogP contribution in [-0.2, 0) is 21.9 Å². The number of morpholine rings is 1. The highest BCUT2D eigenvalue weighted by atomic mass is 32.2. The van der Waals surface area contributed by atoms with Crippen molar-refractivity contribution in [2.45, 2.75) is 29.1 Å². The molecule has 4 nitrogen and oxygen atoms in total. The fourth-order valence-electron chi connectivity index (χ4n) is 4.00. The highest BCUT2D eigenvalue weighted by Gasteiger charge is 2.46. The number of amides is 1. The van der Waals surface area contributed by atoms with Crippen molar-refractivity contribution >= 4 is 29.4 Å². The molecule has 0 atom stereocenters. The largest absolute Gasteiger partial charge is 0.418 e. The van der Waals surface area contributed by atoms with Crippen LogP contribution in [0.1, 0.15) is 23.6 Å². The van der Waals surface area contributed by atoms with Crippen molar-refractivity contribution in [3.8, 4) is 0 Å². The molecule has 3 rings (SSSR count). The molecular formula is C29H28F6N2O2S. The van der Waals surface area contributed by atoms with Gasteiger partial charge in [-0.1, -0.05) is 54.8 Å². The molecule has 0 radical (unpaired) electrons. The number of nitrogens with zero attached hydrogens (tertiary/aromatic N) is 1. The van der Waals surface area contributed by atoms with Crippen LogP contribution in [0.3, 0.4) is 0 Å². The molecule has 0 spiro atoms. The molecule has 2 aromatic rings. The van der Waals surface area contributed by atoms with E-state index in [-0.39, 0.29) is 26.3 Å². The lowest BCUT2D eigenvalue weighted by atomic mass is 9.99. The van der Waals surface area contributed by atoms with Gasteiger partial charge in [-0.15, -0.1) is 0 Å². The third kappa shape index (κ3) is 8.53. The van der Waals surface area contributed by atoms with E-state index in [9.17, 15) is 31.1 Å². The maximum atomic E-state index is 14.2. The second-order valence-corrected chi connectivity index (χ2v) is 9.75. The molecule has 0 unspecified atom stereocenters. The first-order chi connectivity index (χ1) is 18.9. The number of anilines is 1. The van der Waals surface area contributed by atoms with Gasteiger partial charge in [0, 0.05) is 41.2 Å². The molecule has 214 valence electrons. The smallest absolute Gasteiger partial charge is 0.381 e. The van der Waals surface area contributed by atoms with Gasteiger partial charge in [0.2, 0.25) is 5.91 Å². The van der Waals surface area contributed by atoms with E-state index in [0.717, 1.165) is 29.9 Å². The minimum Gasteiger partial charge on any atom is -0.381 e. The van der Waals surface area contributed by atoms with E-state index in [1.54, 1.807) is 30.4 Å². The van der Waals surface area contributed by atoms with Gasteiger partial charge in [-0.2, -0.15) is 26.3 Å². The third-order valence-corrected chi connectivity index (χ3v) is 6.82. The summed E-state index contributed by atoms with van der Waals surface area (Å²) in [6.45, 7) is 6.95. The van der Waals surface area contributed by atoms with Crippen LogP contribution in [0.2, 0.25) is 0 Å². The Labute approximate surface area is 233 Å². The lowest BCUT2D eigenvalue weighted by Gasteiger charge is -2.25. The average Bonchev–Trinajstić information content (AvgIpc) is 2.90. The first-order valence-electron chi connectivity index (χ1n) is 12.3. The molecule has 1 heterocycles. The van der Waals surface area contributed by atoms with E-state index < -0.39 is 39.8 Å². The first-order valence-corrected chi connectivity index (χ1v) is 13.1. The van der Waals surface area contributed by atoms with Gasteiger partial charge in [-0.3, -0.25) is 4.79 Å². The van der Waals surface area contributed by atoms with Gasteiger partial charge in [-0.05, 0) is 48.4 Å². The van der Waals surface area contributed by atoms with Crippen LogP contribution in [0.15, 0.2) is 88.7 Å². The van der Waals surface area contributed by atoms with Crippen molar-refractivity contribution in [1.29, 1.82) is 0 Å². The zero-order valence-corrected chi connectivity index (χ0v) is 22.4. The van der Waals surface area contributed by atoms with E-state index in [2.05, 4.69) is 11.9 Å². The quantitative estimate of drug-likeness (QED) is 0.186. The van der Waals surface area contributed by atoms with Gasteiger partial charge >= 0.3 is 12.4 Å². The lowest BCUT2D eigenvalue weighted by Crippen LogP contribution is -2.39. The molecular weight excluding hydrogens is 554 g/mol. The molecule has 1 aliphatic heterocycles. The third-order valence-electron chi connectivity index (χ3n) is 5.77. The van der Waals surface area contributed by atoms with Crippen molar-refractivity contribution in [1.82, 2.24) is 4.90 Å². The van der Waals surface area contributed by atoms with Gasteiger partial charge in [0.25, 0.3) is 0 Å². The molecule has 0 aliphatic carbocycles. The molecule has 0 saturated carbocycles. The maximum absolute atomic E-state index is 14.2. The average molecular weight is 583 g/mol. The number of nitrogens with one attached hydrogen (secondary N) is 1. The molecule has 1 amide bonds. The number of rotatable bonds is 9. The topological polar surface area (TPSA) is 41.6 Å². The highest BCUT2D eigenvalue weighted by Crippen LogP contribution is 2.48. The SMILES string of the molecule is C=C/C=C(\C=C/C)CNc1cccc(Sc2ccc(/C=C/C(=O)N3CCOCC3)c(C(F)(F)F)c2C(F)(F)F)c1. The van der Waals surface area contributed by atoms with Crippen LogP contribution in [0.5, 0.6) is 0 Å². The van der Waals surface area contributed by atoms with Crippen LogP contribution < -0.4 is 5.32 Å². The van der Waals surface area contributed by atoms with E-state index in [0.29, 0.717) is 28.9 Å². The monoisotopic (exact) mass is 582 g/mol. The van der Waals surface area contributed by atoms with E-state index in [4.69, 9.17) is 4.74 Å². The molecule has 40 heavy (non-hydrogen) atoms. The lowest BCUT2D eigenvalue weighted by molar-refractivity contribution is -0.163. The molecule has 0 aromatic heterocycles. The summed E-state index contributed by atoms with van der Waals surface area (Å²) in [5.74, 6) is -0.603. The highest BCUT2D eigenvalue weighted by molar-refractivity contribution is 7.99. The number of hydrogen-bond donors (Lipinski definition) is 1. The van der Waals surface area contributed by atoms with E-state index in [1.165, 1.54) is 11.0 Å². The predicted molar refractivity (Wildman–Crippen MR) is 145 cm³/mol. The van der Waals surface area contributed by atoms with Crippen LogP contribution in [0.25, 0.3) is 6.08 Å². The van der Waals surface area contributed by atoms with Gasteiger partial charge in [0.15, 0.2) is 0 Å². The number of carbonyl (C=O) groups is 1. The molecule has 1 fully saturated rings. The van der Waals surface area contributed by atoms with Gasteiger partial charge in [0.05, 0.1) is 24.3 Å². The molecule has 1 saturated heterocycles. The van der Waals surface area contributed by atoms with Crippen molar-refractivity contribution in [2.75, 3.05) is 38.2 Å². The Kier molecular flexibility index (Phi) is 10.7. The molecule has 2 aromatic carbocycles. The summed E-state index contributed by atoms with van der Waals surface area (Å²) in [5, 5.41) is 3.15. The van der Waals surface area contributed by atoms with Crippen LogP contribution in [-0.4, -0.2) is 43.7 Å². The Balaban J connectivity index is 1.96. The van der Waals surface area contributed by atoms with Crippen molar-refractivity contribution in [2.24, 2.45) is 0 Å². The van der Waals surface area contributed by atoms with Crippen LogP contribution >= 0.6 is 11.8 Å². The normalized spacial score (nSPS) is 15.2.